The first-order valence-electron chi connectivity index (χ1n) is 26.3. The number of nitrogens with zero attached hydrogens (tertiary/aromatic N) is 5. The number of unbranched alkanes of at least 4 members (excludes halogenated alkanes) is 4. The molecule has 7 aromatic rings. The van der Waals surface area contributed by atoms with Gasteiger partial charge < -0.3 is 36.6 Å². The Hall–Kier alpha value is -8.24. The average Bonchev–Trinajstić information content (AvgIpc) is 4.31. The summed E-state index contributed by atoms with van der Waals surface area (Å²) in [6, 6.07) is 21.5. The van der Waals surface area contributed by atoms with Gasteiger partial charge >= 0.3 is 6.18 Å². The van der Waals surface area contributed by atoms with E-state index in [1.54, 1.807) is 71.7 Å². The molecule has 1 aliphatic rings. The Morgan fingerprint density at radius 3 is 2.15 bits per heavy atom. The molecule has 7 N–H and O–H groups in total. The highest BCUT2D eigenvalue weighted by Crippen LogP contribution is 2.34. The number of anilines is 3. The van der Waals surface area contributed by atoms with E-state index in [0.29, 0.717) is 46.4 Å². The number of carbonyl (C=O) groups is 6. The molecule has 3 atom stereocenters. The summed E-state index contributed by atoms with van der Waals surface area (Å²) in [5.41, 5.74) is 6.11. The SMILES string of the molecule is Cc1ccc(NC(=O)Cn2cc(-c3ccc4c(NC(=O)c5ccc(NC(=O)CCCCCCCC(=O)NC(C(=O)N6CC(O)CC6C(=O)NCc6ccc(-c7scnc7C)cc6)C(C)(C)C)cc5)n[nH]c4c3)cn2)cc1C(F)(F)F. The molecule has 0 spiro atoms. The van der Waals surface area contributed by atoms with Crippen molar-refractivity contribution in [3.63, 3.8) is 0 Å². The number of aliphatic hydroxyl groups excluding tert-OH is 1. The number of thiazole rings is 1. The van der Waals surface area contributed by atoms with E-state index in [2.05, 4.69) is 46.9 Å². The third-order valence-corrected chi connectivity index (χ3v) is 14.8. The van der Waals surface area contributed by atoms with E-state index in [-0.39, 0.29) is 67.9 Å². The summed E-state index contributed by atoms with van der Waals surface area (Å²) in [5, 5.41) is 36.7. The Morgan fingerprint density at radius 1 is 0.787 bits per heavy atom. The number of hydrogen-bond donors (Lipinski definition) is 7. The zero-order chi connectivity index (χ0) is 57.3. The van der Waals surface area contributed by atoms with Crippen molar-refractivity contribution in [1.82, 2.24) is 40.5 Å². The molecule has 4 heterocycles. The van der Waals surface area contributed by atoms with E-state index in [0.717, 1.165) is 52.6 Å². The van der Waals surface area contributed by atoms with Gasteiger partial charge in [0.15, 0.2) is 5.82 Å². The van der Waals surface area contributed by atoms with Crippen molar-refractivity contribution in [3.8, 4) is 21.6 Å². The molecule has 1 saturated heterocycles. The Labute approximate surface area is 464 Å². The Kier molecular flexibility index (Phi) is 18.3. The zero-order valence-electron chi connectivity index (χ0n) is 45.0. The van der Waals surface area contributed by atoms with Crippen LogP contribution in [0.1, 0.15) is 105 Å². The van der Waals surface area contributed by atoms with E-state index < -0.39 is 53.1 Å². The molecule has 80 heavy (non-hydrogen) atoms. The van der Waals surface area contributed by atoms with Crippen molar-refractivity contribution in [3.05, 3.63) is 131 Å². The lowest BCUT2D eigenvalue weighted by molar-refractivity contribution is -0.144. The zero-order valence-corrected chi connectivity index (χ0v) is 45.8. The molecule has 1 fully saturated rings. The quantitative estimate of drug-likeness (QED) is 0.0336. The van der Waals surface area contributed by atoms with Gasteiger partial charge in [-0.25, -0.2) is 4.98 Å². The molecule has 0 bridgehead atoms. The molecule has 18 nitrogen and oxygen atoms in total. The lowest BCUT2D eigenvalue weighted by atomic mass is 9.85. The fourth-order valence-electron chi connectivity index (χ4n) is 9.47. The van der Waals surface area contributed by atoms with Crippen molar-refractivity contribution in [2.45, 2.75) is 123 Å². The maximum absolute atomic E-state index is 14.0. The third-order valence-electron chi connectivity index (χ3n) is 13.8. The number of β-amino-alcohol motifs (C(OH)–C–C–N with tert-alkyl or cyclic N) is 1. The third kappa shape index (κ3) is 14.9. The van der Waals surface area contributed by atoms with Crippen LogP contribution in [0.25, 0.3) is 32.5 Å². The van der Waals surface area contributed by atoms with Gasteiger partial charge in [0.25, 0.3) is 5.91 Å². The largest absolute Gasteiger partial charge is 0.416 e. The lowest BCUT2D eigenvalue weighted by Gasteiger charge is -2.35. The number of nitrogens with one attached hydrogen (secondary N) is 6. The average molecular weight is 1120 g/mol. The van der Waals surface area contributed by atoms with Crippen molar-refractivity contribution in [2.75, 3.05) is 22.5 Å². The lowest BCUT2D eigenvalue weighted by Crippen LogP contribution is -2.57. The minimum absolute atomic E-state index is 0.0156. The van der Waals surface area contributed by atoms with Crippen molar-refractivity contribution >= 4 is 74.9 Å². The number of likely N-dealkylation sites (tertiary alicyclic amines) is 1. The van der Waals surface area contributed by atoms with E-state index >= 15 is 0 Å². The van der Waals surface area contributed by atoms with Crippen LogP contribution in [-0.4, -0.2) is 95.1 Å². The van der Waals surface area contributed by atoms with Gasteiger partial charge in [0, 0.05) is 66.4 Å². The number of carbonyl (C=O) groups excluding carboxylic acids is 6. The number of rotatable bonds is 21. The molecule has 0 aliphatic carbocycles. The summed E-state index contributed by atoms with van der Waals surface area (Å²) in [7, 11) is 0. The summed E-state index contributed by atoms with van der Waals surface area (Å²) in [6.45, 7) is 8.84. The van der Waals surface area contributed by atoms with E-state index in [4.69, 9.17) is 0 Å². The fraction of sp³-hybridized carbons (Fsp3) is 0.362. The topological polar surface area (TPSA) is 245 Å². The number of aliphatic hydroxyl groups is 1. The molecule has 0 saturated carbocycles. The van der Waals surface area contributed by atoms with Crippen LogP contribution in [0, 0.1) is 19.3 Å². The van der Waals surface area contributed by atoms with Crippen molar-refractivity contribution < 1.29 is 47.0 Å². The number of hydrogen-bond acceptors (Lipinski definition) is 11. The molecule has 0 radical (unpaired) electrons. The molecular formula is C58H64F3N11O7S. The van der Waals surface area contributed by atoms with Crippen LogP contribution >= 0.6 is 11.3 Å². The maximum Gasteiger partial charge on any atom is 0.416 e. The molecule has 3 unspecified atom stereocenters. The number of amides is 6. The molecule has 6 amide bonds. The van der Waals surface area contributed by atoms with Crippen LogP contribution < -0.4 is 26.6 Å². The summed E-state index contributed by atoms with van der Waals surface area (Å²) < 4.78 is 41.4. The number of aromatic amines is 1. The summed E-state index contributed by atoms with van der Waals surface area (Å²) in [6.07, 6.45) is 1.84. The summed E-state index contributed by atoms with van der Waals surface area (Å²) >= 11 is 1.56. The standard InChI is InChI=1S/C58H64F3N11O7S/c1-34-13-21-42(26-45(34)58(59,60)61)66-50(76)32-71-30-40(29-64-71)39-20-24-44-46(25-39)69-70-53(44)68-54(77)38-18-22-41(23-19-38)65-48(74)11-9-7-6-8-10-12-49(75)67-52(57(3,4)5)56(79)72-31-43(73)27-47(72)55(78)62-28-36-14-16-37(17-15-36)51-35(2)63-33-80-51/h13-26,29-30,33,43,47,52,73H,6-12,27-28,31-32H2,1-5H3,(H,62,78)(H,65,74)(H,66,76)(H,67,75)(H2,68,69,70,77). The number of benzene rings is 4. The van der Waals surface area contributed by atoms with Crippen LogP contribution in [0.5, 0.6) is 0 Å². The highest BCUT2D eigenvalue weighted by Gasteiger charge is 2.44. The van der Waals surface area contributed by atoms with Gasteiger partial charge in [-0.2, -0.15) is 23.4 Å². The van der Waals surface area contributed by atoms with Gasteiger partial charge in [0.05, 0.1) is 39.5 Å². The second-order valence-electron chi connectivity index (χ2n) is 21.1. The van der Waals surface area contributed by atoms with Crippen LogP contribution in [0.15, 0.2) is 103 Å². The van der Waals surface area contributed by atoms with E-state index in [9.17, 15) is 47.0 Å². The van der Waals surface area contributed by atoms with Crippen LogP contribution in [0.4, 0.5) is 30.4 Å². The molecule has 8 rings (SSSR count). The first-order chi connectivity index (χ1) is 38.1. The van der Waals surface area contributed by atoms with E-state index in [1.807, 2.05) is 52.0 Å². The van der Waals surface area contributed by atoms with Gasteiger partial charge in [-0.15, -0.1) is 11.3 Å². The second kappa shape index (κ2) is 25.3. The van der Waals surface area contributed by atoms with Gasteiger partial charge in [-0.3, -0.25) is 38.5 Å². The Bertz CT molecular complexity index is 3370. The minimum Gasteiger partial charge on any atom is -0.391 e. The van der Waals surface area contributed by atoms with Crippen LogP contribution in [0.3, 0.4) is 0 Å². The number of H-pyrrole nitrogens is 1. The number of fused-ring (bicyclic) bond motifs is 1. The normalized spacial score (nSPS) is 14.9. The molecular weight excluding hydrogens is 1050 g/mol. The summed E-state index contributed by atoms with van der Waals surface area (Å²) in [4.78, 5) is 86.2. The Balaban J connectivity index is 0.720. The van der Waals surface area contributed by atoms with Gasteiger partial charge in [0.2, 0.25) is 29.5 Å². The monoisotopic (exact) mass is 1120 g/mol. The smallest absolute Gasteiger partial charge is 0.391 e. The molecule has 3 aromatic heterocycles. The molecule has 4 aromatic carbocycles. The van der Waals surface area contributed by atoms with Gasteiger partial charge in [-0.1, -0.05) is 76.4 Å². The maximum atomic E-state index is 14.0. The Morgan fingerprint density at radius 2 is 1.46 bits per heavy atom. The first-order valence-corrected chi connectivity index (χ1v) is 27.2. The molecule has 420 valence electrons. The molecule has 22 heteroatoms. The van der Waals surface area contributed by atoms with Crippen molar-refractivity contribution in [2.24, 2.45) is 5.41 Å². The number of aromatic nitrogens is 5. The number of alkyl halides is 3. The first kappa shape index (κ1) is 57.9. The van der Waals surface area contributed by atoms with Crippen LogP contribution in [-0.2, 0) is 43.2 Å². The number of halogens is 3. The predicted octanol–water partition coefficient (Wildman–Crippen LogP) is 9.55. The van der Waals surface area contributed by atoms with Crippen LogP contribution in [0.2, 0.25) is 0 Å². The summed E-state index contributed by atoms with van der Waals surface area (Å²) in [5.74, 6) is -1.93. The minimum atomic E-state index is -4.55. The van der Waals surface area contributed by atoms with Crippen molar-refractivity contribution in [1.29, 1.82) is 0 Å². The van der Waals surface area contributed by atoms with E-state index in [1.165, 1.54) is 28.6 Å². The highest BCUT2D eigenvalue weighted by molar-refractivity contribution is 7.13. The second-order valence-corrected chi connectivity index (χ2v) is 22.0. The van der Waals surface area contributed by atoms with Gasteiger partial charge in [-0.05, 0) is 103 Å². The fourth-order valence-corrected chi connectivity index (χ4v) is 10.3. The highest BCUT2D eigenvalue weighted by atomic mass is 32.1. The van der Waals surface area contributed by atoms with Gasteiger partial charge in [0.1, 0.15) is 18.6 Å². The molecule has 1 aliphatic heterocycles. The predicted molar refractivity (Wildman–Crippen MR) is 299 cm³/mol. The number of aryl methyl sites for hydroxylation is 2.